The van der Waals surface area contributed by atoms with E-state index in [0.29, 0.717) is 5.41 Å². The summed E-state index contributed by atoms with van der Waals surface area (Å²) < 4.78 is 0. The number of hydrogen-bond donors (Lipinski definition) is 1. The van der Waals surface area contributed by atoms with Crippen molar-refractivity contribution in [2.24, 2.45) is 5.41 Å². The summed E-state index contributed by atoms with van der Waals surface area (Å²) in [7, 11) is 0. The largest absolute Gasteiger partial charge is 0.313 e. The molecule has 2 aliphatic rings. The minimum atomic E-state index is 0.454. The second-order valence-corrected chi connectivity index (χ2v) is 6.94. The van der Waals surface area contributed by atoms with Gasteiger partial charge in [0.15, 0.2) is 0 Å². The van der Waals surface area contributed by atoms with Crippen molar-refractivity contribution in [2.45, 2.75) is 52.5 Å². The number of rotatable bonds is 8. The Balaban J connectivity index is 1.71. The molecule has 2 rings (SSSR count). The van der Waals surface area contributed by atoms with Crippen LogP contribution >= 0.6 is 0 Å². The van der Waals surface area contributed by atoms with Gasteiger partial charge in [-0.25, -0.2) is 0 Å². The normalized spacial score (nSPS) is 25.4. The minimum Gasteiger partial charge on any atom is -0.313 e. The third-order valence-electron chi connectivity index (χ3n) is 4.86. The van der Waals surface area contributed by atoms with Gasteiger partial charge < -0.3 is 15.1 Å². The lowest BCUT2D eigenvalue weighted by atomic mass is 9.86. The Bertz CT molecular complexity index is 257. The number of nitrogens with zero attached hydrogens (tertiary/aromatic N) is 2. The van der Waals surface area contributed by atoms with Crippen molar-refractivity contribution in [1.82, 2.24) is 15.1 Å². The molecule has 1 unspecified atom stereocenters. The highest BCUT2D eigenvalue weighted by atomic mass is 15.3. The van der Waals surface area contributed by atoms with Crippen molar-refractivity contribution in [3.8, 4) is 0 Å². The van der Waals surface area contributed by atoms with Gasteiger partial charge in [-0.3, -0.25) is 0 Å². The summed E-state index contributed by atoms with van der Waals surface area (Å²) in [4.78, 5) is 5.30. The Morgan fingerprint density at radius 3 is 2.21 bits per heavy atom. The molecular formula is C16H33N3. The lowest BCUT2D eigenvalue weighted by Gasteiger charge is -2.40. The lowest BCUT2D eigenvalue weighted by molar-refractivity contribution is 0.0881. The van der Waals surface area contributed by atoms with Crippen LogP contribution in [0, 0.1) is 5.41 Å². The van der Waals surface area contributed by atoms with Gasteiger partial charge in [-0.05, 0) is 37.6 Å². The molecule has 1 aliphatic heterocycles. The molecule has 3 heteroatoms. The van der Waals surface area contributed by atoms with E-state index in [2.05, 4.69) is 35.9 Å². The summed E-state index contributed by atoms with van der Waals surface area (Å²) in [6.07, 6.45) is 5.37. The van der Waals surface area contributed by atoms with E-state index in [1.54, 1.807) is 0 Å². The first-order chi connectivity index (χ1) is 9.15. The average Bonchev–Trinajstić information content (AvgIpc) is 3.23. The molecule has 19 heavy (non-hydrogen) atoms. The van der Waals surface area contributed by atoms with E-state index in [4.69, 9.17) is 0 Å². The Hall–Kier alpha value is -0.120. The van der Waals surface area contributed by atoms with E-state index in [1.807, 2.05) is 0 Å². The second-order valence-electron chi connectivity index (χ2n) is 6.94. The first kappa shape index (κ1) is 15.3. The van der Waals surface area contributed by atoms with E-state index in [-0.39, 0.29) is 0 Å². The maximum absolute atomic E-state index is 3.73. The highest BCUT2D eigenvalue weighted by Gasteiger charge is 2.30. The summed E-state index contributed by atoms with van der Waals surface area (Å²) >= 11 is 0. The van der Waals surface area contributed by atoms with E-state index in [9.17, 15) is 0 Å². The first-order valence-electron chi connectivity index (χ1n) is 8.33. The van der Waals surface area contributed by atoms with Gasteiger partial charge in [0.1, 0.15) is 0 Å². The molecule has 1 saturated heterocycles. The highest BCUT2D eigenvalue weighted by molar-refractivity contribution is 4.87. The number of nitrogens with one attached hydrogen (secondary N) is 1. The fraction of sp³-hybridized carbons (Fsp3) is 1.00. The van der Waals surface area contributed by atoms with Gasteiger partial charge in [0.25, 0.3) is 0 Å². The number of hydrogen-bond acceptors (Lipinski definition) is 3. The van der Waals surface area contributed by atoms with Crippen molar-refractivity contribution >= 4 is 0 Å². The monoisotopic (exact) mass is 267 g/mol. The smallest absolute Gasteiger partial charge is 0.0110 e. The molecule has 1 saturated carbocycles. The van der Waals surface area contributed by atoms with Gasteiger partial charge in [0.2, 0.25) is 0 Å². The van der Waals surface area contributed by atoms with Crippen LogP contribution in [0.3, 0.4) is 0 Å². The van der Waals surface area contributed by atoms with Crippen LogP contribution in [0.15, 0.2) is 0 Å². The molecule has 1 N–H and O–H groups in total. The van der Waals surface area contributed by atoms with Crippen molar-refractivity contribution in [3.05, 3.63) is 0 Å². The molecule has 0 aromatic heterocycles. The summed E-state index contributed by atoms with van der Waals surface area (Å²) in [6, 6.07) is 0.840. The van der Waals surface area contributed by atoms with Crippen molar-refractivity contribution in [1.29, 1.82) is 0 Å². The van der Waals surface area contributed by atoms with Crippen LogP contribution in [-0.4, -0.2) is 61.7 Å². The second kappa shape index (κ2) is 7.05. The zero-order chi connectivity index (χ0) is 13.7. The molecule has 3 nitrogen and oxygen atoms in total. The topological polar surface area (TPSA) is 18.5 Å². The van der Waals surface area contributed by atoms with E-state index in [1.165, 1.54) is 71.5 Å². The minimum absolute atomic E-state index is 0.454. The summed E-state index contributed by atoms with van der Waals surface area (Å²) in [5.41, 5.74) is 0.454. The maximum atomic E-state index is 3.73. The van der Waals surface area contributed by atoms with Gasteiger partial charge in [-0.2, -0.15) is 0 Å². The standard InChI is InChI=1S/C16H33N3/c1-4-8-18-9-11-19(12-10-18)14-16(3,5-2)13-17-15-6-7-15/h15,17H,4-14H2,1-3H3. The van der Waals surface area contributed by atoms with E-state index < -0.39 is 0 Å². The fourth-order valence-electron chi connectivity index (χ4n) is 3.00. The SMILES string of the molecule is CCCN1CCN(CC(C)(CC)CNC2CC2)CC1. The van der Waals surface area contributed by atoms with E-state index >= 15 is 0 Å². The summed E-state index contributed by atoms with van der Waals surface area (Å²) in [5, 5.41) is 3.73. The fourth-order valence-corrected chi connectivity index (χ4v) is 3.00. The van der Waals surface area contributed by atoms with Crippen LogP contribution in [0.2, 0.25) is 0 Å². The van der Waals surface area contributed by atoms with Crippen LogP contribution in [-0.2, 0) is 0 Å². The molecule has 1 aliphatic carbocycles. The van der Waals surface area contributed by atoms with E-state index in [0.717, 1.165) is 6.04 Å². The predicted octanol–water partition coefficient (Wildman–Crippen LogP) is 2.18. The van der Waals surface area contributed by atoms with Crippen LogP contribution in [0.5, 0.6) is 0 Å². The van der Waals surface area contributed by atoms with Crippen LogP contribution in [0.1, 0.15) is 46.5 Å². The molecule has 1 atom stereocenters. The molecular weight excluding hydrogens is 234 g/mol. The third kappa shape index (κ3) is 5.05. The predicted molar refractivity (Wildman–Crippen MR) is 82.6 cm³/mol. The molecule has 0 aromatic carbocycles. The van der Waals surface area contributed by atoms with Crippen molar-refractivity contribution in [3.63, 3.8) is 0 Å². The van der Waals surface area contributed by atoms with Gasteiger partial charge in [0.05, 0.1) is 0 Å². The number of piperazine rings is 1. The van der Waals surface area contributed by atoms with Gasteiger partial charge in [-0.15, -0.1) is 0 Å². The Morgan fingerprint density at radius 1 is 1.05 bits per heavy atom. The van der Waals surface area contributed by atoms with Crippen LogP contribution in [0.4, 0.5) is 0 Å². The van der Waals surface area contributed by atoms with Crippen LogP contribution in [0.25, 0.3) is 0 Å². The quantitative estimate of drug-likeness (QED) is 0.727. The van der Waals surface area contributed by atoms with Crippen molar-refractivity contribution in [2.75, 3.05) is 45.8 Å². The third-order valence-corrected chi connectivity index (χ3v) is 4.86. The molecule has 0 aromatic rings. The average molecular weight is 267 g/mol. The Kier molecular flexibility index (Phi) is 5.67. The zero-order valence-corrected chi connectivity index (χ0v) is 13.2. The molecule has 1 heterocycles. The molecule has 2 fully saturated rings. The maximum Gasteiger partial charge on any atom is 0.0110 e. The molecule has 0 radical (unpaired) electrons. The van der Waals surface area contributed by atoms with Gasteiger partial charge in [-0.1, -0.05) is 20.8 Å². The summed E-state index contributed by atoms with van der Waals surface area (Å²) in [6.45, 7) is 15.9. The summed E-state index contributed by atoms with van der Waals surface area (Å²) in [5.74, 6) is 0. The van der Waals surface area contributed by atoms with Gasteiger partial charge >= 0.3 is 0 Å². The van der Waals surface area contributed by atoms with Crippen LogP contribution < -0.4 is 5.32 Å². The lowest BCUT2D eigenvalue weighted by Crippen LogP contribution is -2.51. The molecule has 0 amide bonds. The molecule has 0 bridgehead atoms. The zero-order valence-electron chi connectivity index (χ0n) is 13.2. The van der Waals surface area contributed by atoms with Crippen molar-refractivity contribution < 1.29 is 0 Å². The Labute approximate surface area is 119 Å². The highest BCUT2D eigenvalue weighted by Crippen LogP contribution is 2.25. The molecule has 0 spiro atoms. The Morgan fingerprint density at radius 2 is 1.68 bits per heavy atom. The first-order valence-corrected chi connectivity index (χ1v) is 8.33. The van der Waals surface area contributed by atoms with Gasteiger partial charge in [0, 0.05) is 45.3 Å². The molecule has 112 valence electrons.